The van der Waals surface area contributed by atoms with Crippen molar-refractivity contribution >= 4 is 47.0 Å². The summed E-state index contributed by atoms with van der Waals surface area (Å²) < 4.78 is 7.61. The zero-order valence-corrected chi connectivity index (χ0v) is 15.3. The fourth-order valence-electron chi connectivity index (χ4n) is 2.35. The normalized spacial score (nSPS) is 24.9. The van der Waals surface area contributed by atoms with Gasteiger partial charge >= 0.3 is 0 Å². The molecule has 0 radical (unpaired) electrons. The highest BCUT2D eigenvalue weighted by molar-refractivity contribution is 8.20. The lowest BCUT2D eigenvalue weighted by atomic mass is 10.1. The van der Waals surface area contributed by atoms with Crippen molar-refractivity contribution in [1.29, 1.82) is 0 Å². The van der Waals surface area contributed by atoms with Crippen LogP contribution in [0.4, 0.5) is 0 Å². The number of ether oxygens (including phenoxy) is 1. The fourth-order valence-corrected chi connectivity index (χ4v) is 8.72. The molecule has 112 valence electrons. The average Bonchev–Trinajstić information content (AvgIpc) is 3.02. The molecule has 2 saturated heterocycles. The standard InChI is InChI=1S/C14H26OS4/c1-11(7-13-16-3-4-17-13)9-15-10-12(2)8-14-18-5-6-19-14/h11-14H,3-10H2,1-2H3. The van der Waals surface area contributed by atoms with Gasteiger partial charge in [0, 0.05) is 36.2 Å². The van der Waals surface area contributed by atoms with Gasteiger partial charge in [-0.05, 0) is 24.7 Å². The summed E-state index contributed by atoms with van der Waals surface area (Å²) in [5.74, 6) is 6.80. The molecule has 2 unspecified atom stereocenters. The van der Waals surface area contributed by atoms with Gasteiger partial charge in [-0.1, -0.05) is 13.8 Å². The van der Waals surface area contributed by atoms with Crippen LogP contribution in [-0.4, -0.2) is 45.4 Å². The van der Waals surface area contributed by atoms with Gasteiger partial charge in [0.1, 0.15) is 0 Å². The van der Waals surface area contributed by atoms with Gasteiger partial charge in [0.15, 0.2) is 0 Å². The van der Waals surface area contributed by atoms with E-state index in [2.05, 4.69) is 60.9 Å². The van der Waals surface area contributed by atoms with Crippen LogP contribution in [0.5, 0.6) is 0 Å². The monoisotopic (exact) mass is 338 g/mol. The molecular weight excluding hydrogens is 312 g/mol. The van der Waals surface area contributed by atoms with Crippen molar-refractivity contribution in [2.45, 2.75) is 35.9 Å². The maximum absolute atomic E-state index is 5.94. The summed E-state index contributed by atoms with van der Waals surface area (Å²) in [6.07, 6.45) is 2.64. The molecule has 2 aliphatic rings. The second-order valence-electron chi connectivity index (χ2n) is 5.56. The molecule has 0 saturated carbocycles. The summed E-state index contributed by atoms with van der Waals surface area (Å²) >= 11 is 8.53. The number of rotatable bonds is 8. The largest absolute Gasteiger partial charge is 0.381 e. The van der Waals surface area contributed by atoms with Crippen molar-refractivity contribution in [2.75, 3.05) is 36.2 Å². The summed E-state index contributed by atoms with van der Waals surface area (Å²) in [7, 11) is 0. The molecule has 5 heteroatoms. The molecule has 0 aliphatic carbocycles. The van der Waals surface area contributed by atoms with Gasteiger partial charge in [-0.25, -0.2) is 0 Å². The third-order valence-corrected chi connectivity index (χ3v) is 9.54. The zero-order valence-electron chi connectivity index (χ0n) is 12.0. The molecular formula is C14H26OS4. The van der Waals surface area contributed by atoms with E-state index in [0.717, 1.165) is 22.4 Å². The lowest BCUT2D eigenvalue weighted by Gasteiger charge is -2.19. The van der Waals surface area contributed by atoms with E-state index < -0.39 is 0 Å². The molecule has 2 rings (SSSR count). The summed E-state index contributed by atoms with van der Waals surface area (Å²) in [5.41, 5.74) is 0. The molecule has 2 heterocycles. The minimum absolute atomic E-state index is 0.713. The molecule has 0 amide bonds. The smallest absolute Gasteiger partial charge is 0.0506 e. The van der Waals surface area contributed by atoms with Crippen LogP contribution < -0.4 is 0 Å². The van der Waals surface area contributed by atoms with Crippen LogP contribution in [-0.2, 0) is 4.74 Å². The predicted molar refractivity (Wildman–Crippen MR) is 95.8 cm³/mol. The molecule has 0 aromatic heterocycles. The first-order valence-electron chi connectivity index (χ1n) is 7.28. The minimum Gasteiger partial charge on any atom is -0.381 e. The van der Waals surface area contributed by atoms with Crippen LogP contribution in [0.1, 0.15) is 26.7 Å². The van der Waals surface area contributed by atoms with E-state index >= 15 is 0 Å². The second-order valence-corrected chi connectivity index (χ2v) is 11.4. The minimum atomic E-state index is 0.713. The van der Waals surface area contributed by atoms with Crippen LogP contribution in [0.15, 0.2) is 0 Å². The molecule has 0 N–H and O–H groups in total. The van der Waals surface area contributed by atoms with Crippen LogP contribution in [0, 0.1) is 11.8 Å². The number of hydrogen-bond acceptors (Lipinski definition) is 5. The van der Waals surface area contributed by atoms with Crippen molar-refractivity contribution in [3.63, 3.8) is 0 Å². The average molecular weight is 339 g/mol. The van der Waals surface area contributed by atoms with E-state index in [1.54, 1.807) is 0 Å². The lowest BCUT2D eigenvalue weighted by molar-refractivity contribution is 0.0777. The van der Waals surface area contributed by atoms with Gasteiger partial charge in [0.2, 0.25) is 0 Å². The van der Waals surface area contributed by atoms with Crippen LogP contribution >= 0.6 is 47.0 Å². The first-order valence-corrected chi connectivity index (χ1v) is 11.5. The maximum atomic E-state index is 5.94. The molecule has 2 aliphatic heterocycles. The first-order chi connectivity index (χ1) is 9.24. The molecule has 2 fully saturated rings. The van der Waals surface area contributed by atoms with Crippen LogP contribution in [0.2, 0.25) is 0 Å². The van der Waals surface area contributed by atoms with Crippen molar-refractivity contribution in [1.82, 2.24) is 0 Å². The van der Waals surface area contributed by atoms with E-state index in [9.17, 15) is 0 Å². The summed E-state index contributed by atoms with van der Waals surface area (Å²) in [6, 6.07) is 0. The SMILES string of the molecule is CC(COCC(C)CC1SCCS1)CC1SCCS1. The second kappa shape index (κ2) is 9.39. The Kier molecular flexibility index (Phi) is 8.27. The molecule has 19 heavy (non-hydrogen) atoms. The number of hydrogen-bond donors (Lipinski definition) is 0. The topological polar surface area (TPSA) is 9.23 Å². The Morgan fingerprint density at radius 2 is 1.16 bits per heavy atom. The van der Waals surface area contributed by atoms with Crippen LogP contribution in [0.3, 0.4) is 0 Å². The quantitative estimate of drug-likeness (QED) is 0.634. The molecule has 0 spiro atoms. The predicted octanol–water partition coefficient (Wildman–Crippen LogP) is 4.67. The van der Waals surface area contributed by atoms with Crippen molar-refractivity contribution in [2.24, 2.45) is 11.8 Å². The highest BCUT2D eigenvalue weighted by Crippen LogP contribution is 2.37. The Hall–Kier alpha value is 1.36. The Balaban J connectivity index is 1.49. The Morgan fingerprint density at radius 3 is 1.53 bits per heavy atom. The summed E-state index contributed by atoms with van der Waals surface area (Å²) in [5, 5.41) is 0. The third-order valence-electron chi connectivity index (χ3n) is 3.38. The van der Waals surface area contributed by atoms with E-state index in [1.165, 1.54) is 35.9 Å². The van der Waals surface area contributed by atoms with Gasteiger partial charge in [-0.15, -0.1) is 47.0 Å². The van der Waals surface area contributed by atoms with E-state index in [-0.39, 0.29) is 0 Å². The highest BCUT2D eigenvalue weighted by Gasteiger charge is 2.20. The van der Waals surface area contributed by atoms with Gasteiger partial charge in [-0.3, -0.25) is 0 Å². The van der Waals surface area contributed by atoms with Gasteiger partial charge in [0.05, 0.1) is 9.16 Å². The number of thioether (sulfide) groups is 4. The highest BCUT2D eigenvalue weighted by atomic mass is 32.2. The Labute approximate surface area is 135 Å². The Bertz CT molecular complexity index is 216. The van der Waals surface area contributed by atoms with Crippen molar-refractivity contribution < 1.29 is 4.74 Å². The molecule has 1 nitrogen and oxygen atoms in total. The van der Waals surface area contributed by atoms with E-state index in [1.807, 2.05) is 0 Å². The van der Waals surface area contributed by atoms with Gasteiger partial charge in [0.25, 0.3) is 0 Å². The van der Waals surface area contributed by atoms with Crippen molar-refractivity contribution in [3.05, 3.63) is 0 Å². The van der Waals surface area contributed by atoms with E-state index in [4.69, 9.17) is 4.74 Å². The first kappa shape index (κ1) is 16.7. The zero-order chi connectivity index (χ0) is 13.5. The van der Waals surface area contributed by atoms with E-state index in [0.29, 0.717) is 11.8 Å². The molecule has 0 aromatic rings. The van der Waals surface area contributed by atoms with Crippen LogP contribution in [0.25, 0.3) is 0 Å². The third kappa shape index (κ3) is 6.77. The lowest BCUT2D eigenvalue weighted by Crippen LogP contribution is -2.15. The van der Waals surface area contributed by atoms with Crippen molar-refractivity contribution in [3.8, 4) is 0 Å². The molecule has 0 bridgehead atoms. The maximum Gasteiger partial charge on any atom is 0.0506 e. The van der Waals surface area contributed by atoms with Gasteiger partial charge in [-0.2, -0.15) is 0 Å². The Morgan fingerprint density at radius 1 is 0.789 bits per heavy atom. The summed E-state index contributed by atoms with van der Waals surface area (Å²) in [4.78, 5) is 0. The fraction of sp³-hybridized carbons (Fsp3) is 1.00. The van der Waals surface area contributed by atoms with Gasteiger partial charge < -0.3 is 4.74 Å². The molecule has 0 aromatic carbocycles. The summed E-state index contributed by atoms with van der Waals surface area (Å²) in [6.45, 7) is 6.58. The molecule has 2 atom stereocenters.